The van der Waals surface area contributed by atoms with Crippen molar-refractivity contribution in [3.05, 3.63) is 36.0 Å². The van der Waals surface area contributed by atoms with Gasteiger partial charge in [-0.3, -0.25) is 43.3 Å². The Balaban J connectivity index is 1.76. The number of likely N-dealkylation sites (tertiary alicyclic amines) is 1. The van der Waals surface area contributed by atoms with Crippen LogP contribution in [0.15, 0.2) is 35.5 Å². The molecule has 0 bridgehead atoms. The predicted octanol–water partition coefficient (Wildman–Crippen LogP) is -3.72. The quantitative estimate of drug-likeness (QED) is 0.0275. The maximum atomic E-state index is 14.4. The molecule has 0 saturated carbocycles. The number of rotatable bonds is 24. The van der Waals surface area contributed by atoms with Crippen LogP contribution < -0.4 is 54.8 Å². The number of primary amides is 1. The maximum absolute atomic E-state index is 14.4. The third-order valence-electron chi connectivity index (χ3n) is 10.2. The van der Waals surface area contributed by atoms with Crippen molar-refractivity contribution in [2.24, 2.45) is 27.9 Å². The minimum Gasteiger partial charge on any atom is -0.391 e. The van der Waals surface area contributed by atoms with E-state index in [0.717, 1.165) is 10.9 Å². The minimum absolute atomic E-state index is 0.0151. The Bertz CT molecular complexity index is 1940. The van der Waals surface area contributed by atoms with E-state index in [-0.39, 0.29) is 51.3 Å². The minimum atomic E-state index is -1.58. The molecule has 0 radical (unpaired) electrons. The zero-order chi connectivity index (χ0) is 46.1. The van der Waals surface area contributed by atoms with Crippen molar-refractivity contribution < 1.29 is 43.5 Å². The van der Waals surface area contributed by atoms with Gasteiger partial charge in [-0.2, -0.15) is 11.8 Å². The number of H-pyrrole nitrogens is 1. The van der Waals surface area contributed by atoms with Crippen LogP contribution in [0.2, 0.25) is 0 Å². The Labute approximate surface area is 363 Å². The molecule has 0 aliphatic carbocycles. The van der Waals surface area contributed by atoms with Gasteiger partial charge in [-0.25, -0.2) is 0 Å². The standard InChI is InChI=1S/C39H61N13O9S/c1-20(47-37(60)31(22(3)53)51-34(57)21(2)46-35(58)27(13-16-62-4)48-30(54)18-40)33(56)50-28(17-23-19-45-25-10-6-5-9-24(23)25)38(61)52-15-8-12-29(52)36(59)49-26(32(41)55)11-7-14-44-39(42)43/h5-6,9-10,19-22,26-29,31,45,53H,7-8,11-18,40H2,1-4H3,(H2,41,55)(H,46,58)(H,47,60)(H,48,54)(H,49,59)(H,50,56)(H,51,57)(H4,42,43,44)/t20-,21+,22-,26+,27+,28-,29-,31-/m1/s1. The highest BCUT2D eigenvalue weighted by molar-refractivity contribution is 7.98. The van der Waals surface area contributed by atoms with Crippen LogP contribution in [0.3, 0.4) is 0 Å². The van der Waals surface area contributed by atoms with Gasteiger partial charge in [0, 0.05) is 36.6 Å². The van der Waals surface area contributed by atoms with Crippen molar-refractivity contribution in [1.82, 2.24) is 41.8 Å². The normalized spacial score (nSPS) is 16.9. The number of carbonyl (C=O) groups is 8. The van der Waals surface area contributed by atoms with Crippen molar-refractivity contribution >= 4 is 75.9 Å². The van der Waals surface area contributed by atoms with Gasteiger partial charge in [-0.1, -0.05) is 18.2 Å². The number of hydrogen-bond acceptors (Lipinski definition) is 12. The second-order valence-electron chi connectivity index (χ2n) is 15.0. The van der Waals surface area contributed by atoms with Crippen LogP contribution in [0.25, 0.3) is 10.9 Å². The van der Waals surface area contributed by atoms with Crippen molar-refractivity contribution in [3.63, 3.8) is 0 Å². The summed E-state index contributed by atoms with van der Waals surface area (Å²) in [7, 11) is 0. The predicted molar refractivity (Wildman–Crippen MR) is 233 cm³/mol. The number of thioether (sulfide) groups is 1. The number of aliphatic hydroxyl groups excluding tert-OH is 1. The van der Waals surface area contributed by atoms with Gasteiger partial charge in [0.15, 0.2) is 5.96 Å². The summed E-state index contributed by atoms with van der Waals surface area (Å²) in [6.07, 6.45) is 3.52. The number of aromatic amines is 1. The lowest BCUT2D eigenvalue weighted by molar-refractivity contribution is -0.142. The van der Waals surface area contributed by atoms with Gasteiger partial charge in [-0.05, 0) is 76.5 Å². The van der Waals surface area contributed by atoms with Crippen molar-refractivity contribution in [1.29, 1.82) is 0 Å². The van der Waals surface area contributed by atoms with E-state index >= 15 is 0 Å². The summed E-state index contributed by atoms with van der Waals surface area (Å²) in [6, 6.07) is -1.03. The van der Waals surface area contributed by atoms with Crippen molar-refractivity contribution in [2.45, 2.75) is 108 Å². The molecule has 2 heterocycles. The Kier molecular flexibility index (Phi) is 19.9. The van der Waals surface area contributed by atoms with Crippen LogP contribution >= 0.6 is 11.8 Å². The molecule has 8 atom stereocenters. The van der Waals surface area contributed by atoms with Crippen LogP contribution in [0.4, 0.5) is 0 Å². The lowest BCUT2D eigenvalue weighted by Gasteiger charge is -2.30. The molecule has 1 saturated heterocycles. The summed E-state index contributed by atoms with van der Waals surface area (Å²) < 4.78 is 0. The molecule has 1 fully saturated rings. The number of fused-ring (bicyclic) bond motifs is 1. The van der Waals surface area contributed by atoms with Crippen LogP contribution in [0, 0.1) is 0 Å². The van der Waals surface area contributed by atoms with Gasteiger partial charge < -0.3 is 69.8 Å². The molecule has 0 spiro atoms. The fraction of sp³-hybridized carbons (Fsp3) is 0.564. The number of benzene rings is 1. The molecule has 342 valence electrons. The van der Waals surface area contributed by atoms with E-state index in [2.05, 4.69) is 41.9 Å². The molecule has 62 heavy (non-hydrogen) atoms. The van der Waals surface area contributed by atoms with Crippen molar-refractivity contribution in [3.8, 4) is 0 Å². The van der Waals surface area contributed by atoms with E-state index in [1.807, 2.05) is 30.5 Å². The first-order chi connectivity index (χ1) is 29.4. The molecule has 1 aliphatic heterocycles. The molecule has 1 aliphatic rings. The topological polar surface area (TPSA) is 364 Å². The zero-order valence-corrected chi connectivity index (χ0v) is 36.2. The van der Waals surface area contributed by atoms with Gasteiger partial charge in [0.2, 0.25) is 47.3 Å². The lowest BCUT2D eigenvalue weighted by atomic mass is 10.0. The largest absolute Gasteiger partial charge is 0.391 e. The number of aliphatic hydroxyl groups is 1. The Hall–Kier alpha value is -5.94. The number of aromatic nitrogens is 1. The fourth-order valence-corrected chi connectivity index (χ4v) is 7.24. The number of amides is 8. The molecular formula is C39H61N13O9S. The molecule has 3 rings (SSSR count). The first-order valence-corrected chi connectivity index (χ1v) is 21.7. The van der Waals surface area contributed by atoms with Crippen LogP contribution in [0.5, 0.6) is 0 Å². The van der Waals surface area contributed by atoms with E-state index in [0.29, 0.717) is 24.2 Å². The number of hydrogen-bond donors (Lipinski definition) is 12. The highest BCUT2D eigenvalue weighted by atomic mass is 32.2. The van der Waals surface area contributed by atoms with Gasteiger partial charge in [0.25, 0.3) is 0 Å². The van der Waals surface area contributed by atoms with E-state index in [4.69, 9.17) is 22.9 Å². The number of nitrogens with zero attached hydrogens (tertiary/aromatic N) is 2. The highest BCUT2D eigenvalue weighted by Crippen LogP contribution is 2.23. The van der Waals surface area contributed by atoms with Gasteiger partial charge in [-0.15, -0.1) is 0 Å². The molecular weight excluding hydrogens is 827 g/mol. The molecule has 1 aromatic heterocycles. The molecule has 1 aromatic carbocycles. The highest BCUT2D eigenvalue weighted by Gasteiger charge is 2.40. The first-order valence-electron chi connectivity index (χ1n) is 20.3. The summed E-state index contributed by atoms with van der Waals surface area (Å²) in [5.74, 6) is -5.37. The SMILES string of the molecule is CSCC[C@H](NC(=O)CN)C(=O)N[C@@H](C)C(=O)N[C@@H](C(=O)N[C@H](C)C(=O)N[C@H](Cc1c[nH]c2ccccc12)C(=O)N1CCC[C@@H]1C(=O)N[C@@H](CCCN=C(N)N)C(N)=O)[C@@H](C)O. The van der Waals surface area contributed by atoms with E-state index in [1.165, 1.54) is 37.4 Å². The molecule has 0 unspecified atom stereocenters. The Morgan fingerprint density at radius 2 is 1.52 bits per heavy atom. The summed E-state index contributed by atoms with van der Waals surface area (Å²) >= 11 is 1.45. The second-order valence-corrected chi connectivity index (χ2v) is 16.0. The summed E-state index contributed by atoms with van der Waals surface area (Å²) in [4.78, 5) is 114. The third kappa shape index (κ3) is 14.9. The molecule has 2 aromatic rings. The van der Waals surface area contributed by atoms with E-state index < -0.39 is 95.7 Å². The number of para-hydroxylation sites is 1. The van der Waals surface area contributed by atoms with E-state index in [1.54, 1.807) is 6.20 Å². The molecule has 16 N–H and O–H groups in total. The maximum Gasteiger partial charge on any atom is 0.246 e. The lowest BCUT2D eigenvalue weighted by Crippen LogP contribution is -2.61. The smallest absolute Gasteiger partial charge is 0.246 e. The van der Waals surface area contributed by atoms with Crippen molar-refractivity contribution in [2.75, 3.05) is 31.6 Å². The molecule has 22 nitrogen and oxygen atoms in total. The van der Waals surface area contributed by atoms with Gasteiger partial charge >= 0.3 is 0 Å². The van der Waals surface area contributed by atoms with Crippen LogP contribution in [-0.2, 0) is 44.8 Å². The van der Waals surface area contributed by atoms with Gasteiger partial charge in [0.05, 0.1) is 12.6 Å². The van der Waals surface area contributed by atoms with Gasteiger partial charge in [0.1, 0.15) is 42.3 Å². The number of nitrogens with two attached hydrogens (primary N) is 4. The van der Waals surface area contributed by atoms with E-state index in [9.17, 15) is 43.5 Å². The monoisotopic (exact) mass is 887 g/mol. The average molecular weight is 888 g/mol. The van der Waals surface area contributed by atoms with Crippen LogP contribution in [-0.4, -0.2) is 148 Å². The molecule has 8 amide bonds. The summed E-state index contributed by atoms with van der Waals surface area (Å²) in [5, 5.41) is 26.5. The fourth-order valence-electron chi connectivity index (χ4n) is 6.77. The molecule has 23 heteroatoms. The summed E-state index contributed by atoms with van der Waals surface area (Å²) in [5.41, 5.74) is 23.1. The zero-order valence-electron chi connectivity index (χ0n) is 35.4. The summed E-state index contributed by atoms with van der Waals surface area (Å²) in [6.45, 7) is 3.97. The van der Waals surface area contributed by atoms with Crippen LogP contribution in [0.1, 0.15) is 58.4 Å². The second kappa shape index (κ2) is 24.5. The first kappa shape index (κ1) is 50.4. The number of aliphatic imine (C=N–C) groups is 1. The number of nitrogens with one attached hydrogen (secondary N) is 7. The Morgan fingerprint density at radius 3 is 2.15 bits per heavy atom. The number of carbonyl (C=O) groups excluding carboxylic acids is 8. The average Bonchev–Trinajstić information content (AvgIpc) is 3.89. The number of guanidine groups is 1. The Morgan fingerprint density at radius 1 is 0.855 bits per heavy atom. The third-order valence-corrected chi connectivity index (χ3v) is 10.8.